The molecule has 0 aliphatic carbocycles. The molecule has 0 radical (unpaired) electrons. The van der Waals surface area contributed by atoms with E-state index < -0.39 is 0 Å². The molecule has 1 atom stereocenters. The van der Waals surface area contributed by atoms with Crippen LogP contribution in [-0.2, 0) is 22.6 Å². The maximum atomic E-state index is 12.7. The molecule has 3 rings (SSSR count). The highest BCUT2D eigenvalue weighted by Gasteiger charge is 2.29. The number of amides is 1. The Morgan fingerprint density at radius 3 is 2.89 bits per heavy atom. The highest BCUT2D eigenvalue weighted by molar-refractivity contribution is 7.17. The van der Waals surface area contributed by atoms with Gasteiger partial charge in [-0.1, -0.05) is 25.2 Å². The first-order valence-electron chi connectivity index (χ1n) is 8.82. The second-order valence-electron chi connectivity index (χ2n) is 6.16. The van der Waals surface area contributed by atoms with Crippen molar-refractivity contribution >= 4 is 46.0 Å². The molecular weight excluding hydrogens is 386 g/mol. The van der Waals surface area contributed by atoms with Gasteiger partial charge in [0.1, 0.15) is 0 Å². The molecule has 0 fully saturated rings. The topological polar surface area (TPSA) is 88.6 Å². The van der Waals surface area contributed by atoms with E-state index >= 15 is 0 Å². The Kier molecular flexibility index (Phi) is 6.35. The van der Waals surface area contributed by atoms with Gasteiger partial charge in [0.25, 0.3) is 0 Å². The Morgan fingerprint density at radius 2 is 2.22 bits per heavy atom. The molecular formula is C18H21N3O4S2. The predicted octanol–water partition coefficient (Wildman–Crippen LogP) is 3.11. The number of fused-ring (bicyclic) bond motifs is 1. The number of hydrogen-bond acceptors (Lipinski definition) is 8. The van der Waals surface area contributed by atoms with Crippen LogP contribution >= 0.6 is 22.7 Å². The third-order valence-electron chi connectivity index (χ3n) is 4.38. The average molecular weight is 408 g/mol. The number of nitrogens with zero attached hydrogens (tertiary/aromatic N) is 2. The van der Waals surface area contributed by atoms with Crippen molar-refractivity contribution in [1.82, 2.24) is 9.88 Å². The van der Waals surface area contributed by atoms with Crippen LogP contribution in [0.4, 0.5) is 5.13 Å². The highest BCUT2D eigenvalue weighted by atomic mass is 32.1. The van der Waals surface area contributed by atoms with Gasteiger partial charge in [-0.25, -0.2) is 4.98 Å². The van der Waals surface area contributed by atoms with Crippen LogP contribution in [0.15, 0.2) is 12.3 Å². The first-order valence-corrected chi connectivity index (χ1v) is 10.5. The summed E-state index contributed by atoms with van der Waals surface area (Å²) >= 11 is 2.66. The number of anilines is 1. The number of aldehydes is 1. The third kappa shape index (κ3) is 4.60. The number of thiophene rings is 1. The first kappa shape index (κ1) is 19.7. The number of carbonyl (C=O) groups is 3. The minimum Gasteiger partial charge on any atom is -0.415 e. The van der Waals surface area contributed by atoms with E-state index in [1.165, 1.54) is 22.4 Å². The van der Waals surface area contributed by atoms with Crippen molar-refractivity contribution in [2.24, 2.45) is 0 Å². The molecule has 1 amide bonds. The summed E-state index contributed by atoms with van der Waals surface area (Å²) in [5.41, 5.74) is 1.11. The van der Waals surface area contributed by atoms with Crippen molar-refractivity contribution in [1.29, 1.82) is 0 Å². The summed E-state index contributed by atoms with van der Waals surface area (Å²) in [5, 5.41) is 3.86. The van der Waals surface area contributed by atoms with Crippen LogP contribution in [0.1, 0.15) is 46.8 Å². The molecule has 0 saturated heterocycles. The molecule has 1 aliphatic heterocycles. The SMILES string of the molecule is CCC(=O)Oc1cc2c(s1)CCN(C(CC)C(=O)Nc1ncc(C=O)s1)C2. The predicted molar refractivity (Wildman–Crippen MR) is 105 cm³/mol. The summed E-state index contributed by atoms with van der Waals surface area (Å²) < 4.78 is 5.32. The Labute approximate surface area is 165 Å². The van der Waals surface area contributed by atoms with Gasteiger partial charge in [0.05, 0.1) is 17.1 Å². The molecule has 7 nitrogen and oxygen atoms in total. The van der Waals surface area contributed by atoms with Crippen LogP contribution in [0, 0.1) is 0 Å². The number of rotatable bonds is 7. The molecule has 3 heterocycles. The molecule has 9 heteroatoms. The maximum Gasteiger partial charge on any atom is 0.311 e. The normalized spacial score (nSPS) is 15.0. The largest absolute Gasteiger partial charge is 0.415 e. The zero-order valence-electron chi connectivity index (χ0n) is 15.2. The summed E-state index contributed by atoms with van der Waals surface area (Å²) in [6.45, 7) is 5.14. The fourth-order valence-corrected chi connectivity index (χ4v) is 4.69. The molecule has 1 N–H and O–H groups in total. The standard InChI is InChI=1S/C18H21N3O4S2/c1-3-13(17(24)20-18-19-8-12(10-22)26-18)21-6-5-14-11(9-21)7-16(27-14)25-15(23)4-2/h7-8,10,13H,3-6,9H2,1-2H3,(H,19,20,24). The number of carbonyl (C=O) groups excluding carboxylic acids is 3. The average Bonchev–Trinajstić information content (AvgIpc) is 3.27. The van der Waals surface area contributed by atoms with Crippen LogP contribution < -0.4 is 10.1 Å². The van der Waals surface area contributed by atoms with Crippen LogP contribution in [-0.4, -0.2) is 40.6 Å². The van der Waals surface area contributed by atoms with Crippen molar-refractivity contribution in [3.8, 4) is 5.06 Å². The molecule has 1 aliphatic rings. The Balaban J connectivity index is 1.67. The minimum absolute atomic E-state index is 0.124. The lowest BCUT2D eigenvalue weighted by atomic mass is 10.1. The Morgan fingerprint density at radius 1 is 1.41 bits per heavy atom. The number of thiazole rings is 1. The van der Waals surface area contributed by atoms with Crippen molar-refractivity contribution in [3.05, 3.63) is 27.6 Å². The van der Waals surface area contributed by atoms with Gasteiger partial charge < -0.3 is 10.1 Å². The quantitative estimate of drug-likeness (QED) is 0.560. The number of nitrogens with one attached hydrogen (secondary N) is 1. The Hall–Kier alpha value is -2.10. The summed E-state index contributed by atoms with van der Waals surface area (Å²) in [6, 6.07) is 1.62. The molecule has 2 aromatic heterocycles. The molecule has 0 spiro atoms. The van der Waals surface area contributed by atoms with Crippen LogP contribution in [0.2, 0.25) is 0 Å². The van der Waals surface area contributed by atoms with Crippen LogP contribution in [0.5, 0.6) is 5.06 Å². The van der Waals surface area contributed by atoms with Gasteiger partial charge in [0.15, 0.2) is 16.5 Å². The fraction of sp³-hybridized carbons (Fsp3) is 0.444. The smallest absolute Gasteiger partial charge is 0.311 e. The lowest BCUT2D eigenvalue weighted by Crippen LogP contribution is -2.45. The number of esters is 1. The van der Waals surface area contributed by atoms with Crippen LogP contribution in [0.3, 0.4) is 0 Å². The van der Waals surface area contributed by atoms with Crippen LogP contribution in [0.25, 0.3) is 0 Å². The number of hydrogen-bond donors (Lipinski definition) is 1. The molecule has 1 unspecified atom stereocenters. The van der Waals surface area contributed by atoms with Gasteiger partial charge in [-0.05, 0) is 24.5 Å². The molecule has 0 bridgehead atoms. The van der Waals surface area contributed by atoms with E-state index in [4.69, 9.17) is 4.74 Å². The van der Waals surface area contributed by atoms with E-state index in [2.05, 4.69) is 15.2 Å². The zero-order chi connectivity index (χ0) is 19.4. The van der Waals surface area contributed by atoms with Gasteiger partial charge in [-0.3, -0.25) is 19.3 Å². The second kappa shape index (κ2) is 8.73. The van der Waals surface area contributed by atoms with E-state index in [9.17, 15) is 14.4 Å². The Bertz CT molecular complexity index is 846. The van der Waals surface area contributed by atoms with E-state index in [1.54, 1.807) is 6.92 Å². The molecule has 27 heavy (non-hydrogen) atoms. The molecule has 0 saturated carbocycles. The van der Waals surface area contributed by atoms with Crippen molar-refractivity contribution in [3.63, 3.8) is 0 Å². The van der Waals surface area contributed by atoms with E-state index in [-0.39, 0.29) is 17.9 Å². The van der Waals surface area contributed by atoms with Gasteiger partial charge in [0.2, 0.25) is 5.91 Å². The van der Waals surface area contributed by atoms with Crippen molar-refractivity contribution in [2.45, 2.75) is 45.7 Å². The monoisotopic (exact) mass is 407 g/mol. The van der Waals surface area contributed by atoms with Gasteiger partial charge in [-0.2, -0.15) is 0 Å². The second-order valence-corrected chi connectivity index (χ2v) is 8.32. The zero-order valence-corrected chi connectivity index (χ0v) is 16.8. The van der Waals surface area contributed by atoms with Gasteiger partial charge in [-0.15, -0.1) is 11.3 Å². The summed E-state index contributed by atoms with van der Waals surface area (Å²) in [7, 11) is 0. The van der Waals surface area contributed by atoms with Gasteiger partial charge in [0, 0.05) is 24.4 Å². The number of ether oxygens (including phenoxy) is 1. The third-order valence-corrected chi connectivity index (χ3v) is 6.33. The summed E-state index contributed by atoms with van der Waals surface area (Å²) in [5.74, 6) is -0.366. The van der Waals surface area contributed by atoms with Gasteiger partial charge >= 0.3 is 5.97 Å². The van der Waals surface area contributed by atoms with E-state index in [0.29, 0.717) is 34.5 Å². The highest BCUT2D eigenvalue weighted by Crippen LogP contribution is 2.34. The van der Waals surface area contributed by atoms with E-state index in [0.717, 1.165) is 36.2 Å². The van der Waals surface area contributed by atoms with Crippen molar-refractivity contribution < 1.29 is 19.1 Å². The molecule has 144 valence electrons. The summed E-state index contributed by atoms with van der Waals surface area (Å²) in [4.78, 5) is 42.8. The first-order chi connectivity index (χ1) is 13.0. The minimum atomic E-state index is -0.289. The molecule has 0 aromatic carbocycles. The summed E-state index contributed by atoms with van der Waals surface area (Å²) in [6.07, 6.45) is 3.99. The maximum absolute atomic E-state index is 12.7. The van der Waals surface area contributed by atoms with Crippen molar-refractivity contribution in [2.75, 3.05) is 11.9 Å². The fourth-order valence-electron chi connectivity index (χ4n) is 3.03. The lowest BCUT2D eigenvalue weighted by molar-refractivity contribution is -0.133. The lowest BCUT2D eigenvalue weighted by Gasteiger charge is -2.32. The van der Waals surface area contributed by atoms with E-state index in [1.807, 2.05) is 13.0 Å². The molecule has 2 aromatic rings. The number of aromatic nitrogens is 1.